The first-order chi connectivity index (χ1) is 17.3. The second kappa shape index (κ2) is 11.1. The highest BCUT2D eigenvalue weighted by atomic mass is 79.9. The number of nitrogens with zero attached hydrogens (tertiary/aromatic N) is 2. The number of carbonyl (C=O) groups excluding carboxylic acids is 1. The van der Waals surface area contributed by atoms with E-state index >= 15 is 0 Å². The summed E-state index contributed by atoms with van der Waals surface area (Å²) >= 11 is 9.08. The van der Waals surface area contributed by atoms with Crippen molar-refractivity contribution < 1.29 is 23.4 Å². The third-order valence-corrected chi connectivity index (χ3v) is 6.60. The lowest BCUT2D eigenvalue weighted by Crippen LogP contribution is -2.31. The minimum absolute atomic E-state index is 0.0363. The van der Waals surface area contributed by atoms with E-state index in [1.165, 1.54) is 18.1 Å². The van der Waals surface area contributed by atoms with Crippen LogP contribution in [0.2, 0.25) is 0 Å². The fraction of sp³-hybridized carbons (Fsp3) is 0.185. The number of hydrogen-bond donors (Lipinski definition) is 0. The van der Waals surface area contributed by atoms with Gasteiger partial charge >= 0.3 is 0 Å². The highest BCUT2D eigenvalue weighted by Crippen LogP contribution is 2.38. The topological polar surface area (TPSA) is 51.2 Å². The van der Waals surface area contributed by atoms with Gasteiger partial charge in [0.15, 0.2) is 16.6 Å². The van der Waals surface area contributed by atoms with Crippen LogP contribution in [0.3, 0.4) is 0 Å². The van der Waals surface area contributed by atoms with Crippen LogP contribution in [-0.4, -0.2) is 36.7 Å². The molecule has 1 heterocycles. The molecular formula is C27H24BrFN2O4S. The molecule has 6 nitrogen and oxygen atoms in total. The van der Waals surface area contributed by atoms with Crippen molar-refractivity contribution in [3.63, 3.8) is 0 Å². The average molecular weight is 571 g/mol. The van der Waals surface area contributed by atoms with Crippen LogP contribution in [0.25, 0.3) is 6.08 Å². The van der Waals surface area contributed by atoms with E-state index in [1.54, 1.807) is 72.6 Å². The van der Waals surface area contributed by atoms with Crippen molar-refractivity contribution in [3.05, 3.63) is 87.8 Å². The molecule has 186 valence electrons. The van der Waals surface area contributed by atoms with Gasteiger partial charge in [-0.2, -0.15) is 0 Å². The molecule has 1 amide bonds. The summed E-state index contributed by atoms with van der Waals surface area (Å²) in [6, 6.07) is 17.2. The largest absolute Gasteiger partial charge is 0.494 e. The molecule has 1 saturated heterocycles. The number of benzene rings is 3. The zero-order chi connectivity index (χ0) is 25.8. The van der Waals surface area contributed by atoms with Crippen molar-refractivity contribution in [2.75, 3.05) is 25.7 Å². The van der Waals surface area contributed by atoms with Gasteiger partial charge in [-0.25, -0.2) is 4.39 Å². The normalized spacial score (nSPS) is 14.5. The molecule has 0 radical (unpaired) electrons. The smallest absolute Gasteiger partial charge is 0.281 e. The lowest BCUT2D eigenvalue weighted by molar-refractivity contribution is -0.114. The second-order valence-corrected chi connectivity index (χ2v) is 9.07. The van der Waals surface area contributed by atoms with Gasteiger partial charge in [0.25, 0.3) is 5.91 Å². The summed E-state index contributed by atoms with van der Waals surface area (Å²) in [5.74, 6) is 0.996. The lowest BCUT2D eigenvalue weighted by atomic mass is 10.1. The van der Waals surface area contributed by atoms with Crippen LogP contribution < -0.4 is 19.1 Å². The molecule has 0 N–H and O–H groups in total. The molecule has 3 aromatic rings. The van der Waals surface area contributed by atoms with Crippen LogP contribution in [0, 0.1) is 5.82 Å². The summed E-state index contributed by atoms with van der Waals surface area (Å²) in [6.07, 6.45) is 1.73. The SMILES string of the molecule is CCOc1ccc(N2C(=O)/C(=C/c3cc(Br)c(OCc4ccccc4F)c(OC)c3)N(C)C2=S)cc1. The Bertz CT molecular complexity index is 1330. The van der Waals surface area contributed by atoms with Crippen LogP contribution in [0.15, 0.2) is 70.8 Å². The standard InChI is InChI=1S/C27H24BrFN2O4S/c1-4-34-20-11-9-19(10-12-20)31-26(32)23(30(2)27(31)36)14-17-13-21(28)25(24(15-17)33-3)35-16-18-7-5-6-8-22(18)29/h5-15H,4,16H2,1-3H3/b23-14-. The Kier molecular flexibility index (Phi) is 7.91. The Labute approximate surface area is 223 Å². The van der Waals surface area contributed by atoms with E-state index in [1.807, 2.05) is 6.92 Å². The highest BCUT2D eigenvalue weighted by molar-refractivity contribution is 9.10. The molecule has 9 heteroatoms. The van der Waals surface area contributed by atoms with Crippen molar-refractivity contribution >= 4 is 50.9 Å². The Balaban J connectivity index is 1.60. The van der Waals surface area contributed by atoms with Gasteiger partial charge in [0.1, 0.15) is 23.9 Å². The number of anilines is 1. The molecule has 1 aliphatic heterocycles. The van der Waals surface area contributed by atoms with Crippen molar-refractivity contribution in [2.45, 2.75) is 13.5 Å². The summed E-state index contributed by atoms with van der Waals surface area (Å²) in [4.78, 5) is 16.5. The molecule has 4 rings (SSSR count). The average Bonchev–Trinajstić information content (AvgIpc) is 3.07. The summed E-state index contributed by atoms with van der Waals surface area (Å²) < 4.78 is 31.5. The highest BCUT2D eigenvalue weighted by Gasteiger charge is 2.36. The van der Waals surface area contributed by atoms with Gasteiger partial charge < -0.3 is 19.1 Å². The van der Waals surface area contributed by atoms with Gasteiger partial charge in [0.05, 0.1) is 23.9 Å². The van der Waals surface area contributed by atoms with Crippen molar-refractivity contribution in [3.8, 4) is 17.2 Å². The number of carbonyl (C=O) groups is 1. The van der Waals surface area contributed by atoms with Gasteiger partial charge in [-0.1, -0.05) is 18.2 Å². The van der Waals surface area contributed by atoms with Gasteiger partial charge in [0.2, 0.25) is 0 Å². The Hall–Kier alpha value is -3.43. The maximum Gasteiger partial charge on any atom is 0.281 e. The van der Waals surface area contributed by atoms with E-state index in [-0.39, 0.29) is 18.3 Å². The molecule has 0 atom stereocenters. The van der Waals surface area contributed by atoms with Crippen molar-refractivity contribution in [1.29, 1.82) is 0 Å². The fourth-order valence-electron chi connectivity index (χ4n) is 3.73. The van der Waals surface area contributed by atoms with Gasteiger partial charge in [0, 0.05) is 12.6 Å². The molecule has 0 aliphatic carbocycles. The lowest BCUT2D eigenvalue weighted by Gasteiger charge is -2.16. The molecule has 0 spiro atoms. The quantitative estimate of drug-likeness (QED) is 0.238. The Morgan fingerprint density at radius 1 is 1.08 bits per heavy atom. The van der Waals surface area contributed by atoms with Gasteiger partial charge in [-0.05, 0) is 89.2 Å². The van der Waals surface area contributed by atoms with E-state index in [9.17, 15) is 9.18 Å². The Morgan fingerprint density at radius 3 is 2.47 bits per heavy atom. The third-order valence-electron chi connectivity index (χ3n) is 5.55. The Morgan fingerprint density at radius 2 is 1.81 bits per heavy atom. The monoisotopic (exact) mass is 570 g/mol. The van der Waals surface area contributed by atoms with E-state index in [0.717, 1.165) is 5.75 Å². The maximum absolute atomic E-state index is 14.0. The van der Waals surface area contributed by atoms with Crippen LogP contribution in [0.5, 0.6) is 17.2 Å². The minimum Gasteiger partial charge on any atom is -0.494 e. The van der Waals surface area contributed by atoms with E-state index in [0.29, 0.717) is 50.2 Å². The zero-order valence-corrected chi connectivity index (χ0v) is 22.4. The molecule has 1 aliphatic rings. The number of halogens is 2. The summed E-state index contributed by atoms with van der Waals surface area (Å²) in [5.41, 5.74) is 2.18. The molecule has 0 unspecified atom stereocenters. The first-order valence-electron chi connectivity index (χ1n) is 11.1. The first-order valence-corrected chi connectivity index (χ1v) is 12.3. The predicted octanol–water partition coefficient (Wildman–Crippen LogP) is 6.18. The maximum atomic E-state index is 14.0. The molecule has 0 bridgehead atoms. The van der Waals surface area contributed by atoms with Crippen LogP contribution in [0.4, 0.5) is 10.1 Å². The zero-order valence-electron chi connectivity index (χ0n) is 20.0. The van der Waals surface area contributed by atoms with Crippen molar-refractivity contribution in [2.24, 2.45) is 0 Å². The molecule has 0 saturated carbocycles. The summed E-state index contributed by atoms with van der Waals surface area (Å²) in [6.45, 7) is 2.50. The molecule has 36 heavy (non-hydrogen) atoms. The van der Waals surface area contributed by atoms with Crippen LogP contribution in [-0.2, 0) is 11.4 Å². The van der Waals surface area contributed by atoms with Crippen molar-refractivity contribution in [1.82, 2.24) is 4.90 Å². The van der Waals surface area contributed by atoms with Crippen LogP contribution in [0.1, 0.15) is 18.1 Å². The molecular weight excluding hydrogens is 547 g/mol. The number of likely N-dealkylation sites (N-methyl/N-ethyl adjacent to an activating group) is 1. The number of amides is 1. The predicted molar refractivity (Wildman–Crippen MR) is 145 cm³/mol. The summed E-state index contributed by atoms with van der Waals surface area (Å²) in [5, 5.41) is 0.367. The van der Waals surface area contributed by atoms with E-state index in [4.69, 9.17) is 26.4 Å². The van der Waals surface area contributed by atoms with Gasteiger partial charge in [-0.3, -0.25) is 9.69 Å². The number of rotatable bonds is 8. The van der Waals surface area contributed by atoms with E-state index in [2.05, 4.69) is 15.9 Å². The second-order valence-electron chi connectivity index (χ2n) is 7.85. The fourth-order valence-corrected chi connectivity index (χ4v) is 4.59. The molecule has 3 aromatic carbocycles. The van der Waals surface area contributed by atoms with Gasteiger partial charge in [-0.15, -0.1) is 0 Å². The minimum atomic E-state index is -0.343. The third kappa shape index (κ3) is 5.22. The van der Waals surface area contributed by atoms with E-state index < -0.39 is 0 Å². The molecule has 1 fully saturated rings. The number of thiocarbonyl (C=S) groups is 1. The van der Waals surface area contributed by atoms with Crippen LogP contribution >= 0.6 is 28.1 Å². The number of ether oxygens (including phenoxy) is 3. The number of methoxy groups -OCH3 is 1. The number of hydrogen-bond acceptors (Lipinski definition) is 5. The summed E-state index contributed by atoms with van der Waals surface area (Å²) in [7, 11) is 3.27. The molecule has 0 aromatic heterocycles. The first kappa shape index (κ1) is 25.7.